The Balaban J connectivity index is 1.87. The van der Waals surface area contributed by atoms with Gasteiger partial charge >= 0.3 is 0 Å². The van der Waals surface area contributed by atoms with Gasteiger partial charge in [0.15, 0.2) is 0 Å². The predicted molar refractivity (Wildman–Crippen MR) is 74.6 cm³/mol. The van der Waals surface area contributed by atoms with E-state index in [1.807, 2.05) is 0 Å². The lowest BCUT2D eigenvalue weighted by atomic mass is 9.97. The molecule has 0 amide bonds. The summed E-state index contributed by atoms with van der Waals surface area (Å²) in [5.74, 6) is 0.839. The first-order valence-electron chi connectivity index (χ1n) is 6.65. The van der Waals surface area contributed by atoms with Crippen LogP contribution in [0.25, 0.3) is 0 Å². The molecule has 1 fully saturated rings. The molecule has 1 aromatic carbocycles. The van der Waals surface area contributed by atoms with Crippen molar-refractivity contribution in [1.82, 2.24) is 4.90 Å². The highest BCUT2D eigenvalue weighted by Gasteiger charge is 2.16. The van der Waals surface area contributed by atoms with Crippen LogP contribution in [0.2, 0.25) is 0 Å². The van der Waals surface area contributed by atoms with Crippen molar-refractivity contribution in [3.63, 3.8) is 0 Å². The fourth-order valence-electron chi connectivity index (χ4n) is 2.45. The van der Waals surface area contributed by atoms with Crippen LogP contribution in [0.3, 0.4) is 0 Å². The van der Waals surface area contributed by atoms with Gasteiger partial charge < -0.3 is 10.2 Å². The first kappa shape index (κ1) is 12.4. The molecule has 1 aliphatic heterocycles. The number of nitrogens with one attached hydrogen (secondary N) is 1. The standard InChI is InChI=1S/C15H24N2/c1-12-4-5-13(2)15(10-12)16-11-14-6-8-17(3)9-7-14/h4-5,10,14,16H,6-9,11H2,1-3H3. The molecule has 1 saturated heterocycles. The van der Waals surface area contributed by atoms with Gasteiger partial charge in [-0.05, 0) is 69.9 Å². The zero-order chi connectivity index (χ0) is 12.3. The Morgan fingerprint density at radius 3 is 2.65 bits per heavy atom. The SMILES string of the molecule is Cc1ccc(C)c(NCC2CCN(C)CC2)c1. The van der Waals surface area contributed by atoms with E-state index < -0.39 is 0 Å². The van der Waals surface area contributed by atoms with Crippen molar-refractivity contribution in [3.8, 4) is 0 Å². The van der Waals surface area contributed by atoms with Gasteiger partial charge in [0.1, 0.15) is 0 Å². The van der Waals surface area contributed by atoms with Crippen LogP contribution in [-0.2, 0) is 0 Å². The summed E-state index contributed by atoms with van der Waals surface area (Å²) in [6, 6.07) is 6.63. The summed E-state index contributed by atoms with van der Waals surface area (Å²) in [6.45, 7) is 7.95. The minimum absolute atomic E-state index is 0.839. The number of benzene rings is 1. The average Bonchev–Trinajstić information content (AvgIpc) is 2.32. The van der Waals surface area contributed by atoms with Gasteiger partial charge in [0.05, 0.1) is 0 Å². The quantitative estimate of drug-likeness (QED) is 0.861. The summed E-state index contributed by atoms with van der Waals surface area (Å²) < 4.78 is 0. The molecule has 2 nitrogen and oxygen atoms in total. The Morgan fingerprint density at radius 1 is 1.24 bits per heavy atom. The number of hydrogen-bond donors (Lipinski definition) is 1. The Kier molecular flexibility index (Phi) is 4.06. The summed E-state index contributed by atoms with van der Waals surface area (Å²) in [5, 5.41) is 3.62. The van der Waals surface area contributed by atoms with E-state index in [0.717, 1.165) is 12.5 Å². The summed E-state index contributed by atoms with van der Waals surface area (Å²) in [4.78, 5) is 2.43. The molecular formula is C15H24N2. The molecule has 17 heavy (non-hydrogen) atoms. The second-order valence-corrected chi connectivity index (χ2v) is 5.45. The average molecular weight is 232 g/mol. The molecule has 0 unspecified atom stereocenters. The van der Waals surface area contributed by atoms with Crippen molar-refractivity contribution < 1.29 is 0 Å². The van der Waals surface area contributed by atoms with Gasteiger partial charge in [-0.15, -0.1) is 0 Å². The number of anilines is 1. The second kappa shape index (κ2) is 5.54. The smallest absolute Gasteiger partial charge is 0.0372 e. The van der Waals surface area contributed by atoms with Gasteiger partial charge in [0.25, 0.3) is 0 Å². The van der Waals surface area contributed by atoms with Crippen molar-refractivity contribution in [3.05, 3.63) is 29.3 Å². The number of nitrogens with zero attached hydrogens (tertiary/aromatic N) is 1. The van der Waals surface area contributed by atoms with E-state index >= 15 is 0 Å². The third kappa shape index (κ3) is 3.47. The Hall–Kier alpha value is -1.02. The molecule has 0 bridgehead atoms. The van der Waals surface area contributed by atoms with Crippen molar-refractivity contribution in [2.24, 2.45) is 5.92 Å². The summed E-state index contributed by atoms with van der Waals surface area (Å²) in [5.41, 5.74) is 3.99. The summed E-state index contributed by atoms with van der Waals surface area (Å²) in [6.07, 6.45) is 2.66. The van der Waals surface area contributed by atoms with E-state index in [1.165, 1.54) is 42.7 Å². The molecule has 0 aromatic heterocycles. The topological polar surface area (TPSA) is 15.3 Å². The van der Waals surface area contributed by atoms with Gasteiger partial charge in [-0.25, -0.2) is 0 Å². The molecule has 1 aromatic rings. The van der Waals surface area contributed by atoms with E-state index in [9.17, 15) is 0 Å². The van der Waals surface area contributed by atoms with Gasteiger partial charge in [-0.2, -0.15) is 0 Å². The third-order valence-electron chi connectivity index (χ3n) is 3.81. The predicted octanol–water partition coefficient (Wildman–Crippen LogP) is 3.06. The zero-order valence-corrected chi connectivity index (χ0v) is 11.3. The van der Waals surface area contributed by atoms with Crippen LogP contribution in [0.5, 0.6) is 0 Å². The Bertz CT molecular complexity index is 365. The molecule has 1 N–H and O–H groups in total. The minimum atomic E-state index is 0.839. The molecule has 0 radical (unpaired) electrons. The maximum Gasteiger partial charge on any atom is 0.0372 e. The molecule has 0 spiro atoms. The Morgan fingerprint density at radius 2 is 1.94 bits per heavy atom. The maximum absolute atomic E-state index is 3.62. The van der Waals surface area contributed by atoms with E-state index in [4.69, 9.17) is 0 Å². The second-order valence-electron chi connectivity index (χ2n) is 5.45. The normalized spacial score (nSPS) is 18.3. The largest absolute Gasteiger partial charge is 0.385 e. The van der Waals surface area contributed by atoms with E-state index in [-0.39, 0.29) is 0 Å². The molecule has 1 aliphatic rings. The van der Waals surface area contributed by atoms with Crippen molar-refractivity contribution in [1.29, 1.82) is 0 Å². The number of rotatable bonds is 3. The lowest BCUT2D eigenvalue weighted by Crippen LogP contribution is -2.33. The van der Waals surface area contributed by atoms with E-state index in [2.05, 4.69) is 49.3 Å². The zero-order valence-electron chi connectivity index (χ0n) is 11.3. The van der Waals surface area contributed by atoms with Crippen molar-refractivity contribution in [2.45, 2.75) is 26.7 Å². The molecule has 0 atom stereocenters. The molecular weight excluding hydrogens is 208 g/mol. The highest BCUT2D eigenvalue weighted by Crippen LogP contribution is 2.20. The highest BCUT2D eigenvalue weighted by molar-refractivity contribution is 5.52. The summed E-state index contributed by atoms with van der Waals surface area (Å²) in [7, 11) is 2.22. The van der Waals surface area contributed by atoms with E-state index in [0.29, 0.717) is 0 Å². The molecule has 94 valence electrons. The lowest BCUT2D eigenvalue weighted by molar-refractivity contribution is 0.226. The van der Waals surface area contributed by atoms with Crippen LogP contribution in [0.15, 0.2) is 18.2 Å². The molecule has 2 heteroatoms. The van der Waals surface area contributed by atoms with Crippen LogP contribution >= 0.6 is 0 Å². The minimum Gasteiger partial charge on any atom is -0.385 e. The van der Waals surface area contributed by atoms with Gasteiger partial charge in [0, 0.05) is 12.2 Å². The number of piperidine rings is 1. The third-order valence-corrected chi connectivity index (χ3v) is 3.81. The van der Waals surface area contributed by atoms with Gasteiger partial charge in [-0.3, -0.25) is 0 Å². The first-order chi connectivity index (χ1) is 8.15. The molecule has 0 saturated carbocycles. The highest BCUT2D eigenvalue weighted by atomic mass is 15.1. The van der Waals surface area contributed by atoms with Crippen LogP contribution in [0.1, 0.15) is 24.0 Å². The molecule has 1 heterocycles. The van der Waals surface area contributed by atoms with Crippen LogP contribution in [-0.4, -0.2) is 31.6 Å². The molecule has 0 aliphatic carbocycles. The fraction of sp³-hybridized carbons (Fsp3) is 0.600. The number of likely N-dealkylation sites (tertiary alicyclic amines) is 1. The van der Waals surface area contributed by atoms with Gasteiger partial charge in [0.2, 0.25) is 0 Å². The van der Waals surface area contributed by atoms with E-state index in [1.54, 1.807) is 0 Å². The van der Waals surface area contributed by atoms with Crippen LogP contribution < -0.4 is 5.32 Å². The van der Waals surface area contributed by atoms with Crippen LogP contribution in [0.4, 0.5) is 5.69 Å². The first-order valence-corrected chi connectivity index (χ1v) is 6.65. The number of hydrogen-bond acceptors (Lipinski definition) is 2. The maximum atomic E-state index is 3.62. The fourth-order valence-corrected chi connectivity index (χ4v) is 2.45. The monoisotopic (exact) mass is 232 g/mol. The van der Waals surface area contributed by atoms with Gasteiger partial charge in [-0.1, -0.05) is 12.1 Å². The lowest BCUT2D eigenvalue weighted by Gasteiger charge is -2.29. The van der Waals surface area contributed by atoms with Crippen molar-refractivity contribution >= 4 is 5.69 Å². The summed E-state index contributed by atoms with van der Waals surface area (Å²) >= 11 is 0. The number of aryl methyl sites for hydroxylation is 2. The molecule has 2 rings (SSSR count). The Labute approximate surface area is 105 Å². The van der Waals surface area contributed by atoms with Crippen molar-refractivity contribution in [2.75, 3.05) is 32.0 Å². The van der Waals surface area contributed by atoms with Crippen LogP contribution in [0, 0.1) is 19.8 Å².